The zero-order valence-electron chi connectivity index (χ0n) is 15.9. The van der Waals surface area contributed by atoms with E-state index in [4.69, 9.17) is 4.74 Å². The minimum atomic E-state index is 0.102. The Hall–Kier alpha value is -1.27. The van der Waals surface area contributed by atoms with Gasteiger partial charge in [-0.3, -0.25) is 14.8 Å². The molecule has 0 saturated carbocycles. The molecule has 2 fully saturated rings. The lowest BCUT2D eigenvalue weighted by Gasteiger charge is -2.38. The van der Waals surface area contributed by atoms with Gasteiger partial charge in [-0.2, -0.15) is 0 Å². The van der Waals surface area contributed by atoms with E-state index in [2.05, 4.69) is 53.0 Å². The van der Waals surface area contributed by atoms with Crippen LogP contribution >= 0.6 is 11.3 Å². The maximum absolute atomic E-state index is 6.37. The fourth-order valence-electron chi connectivity index (χ4n) is 4.24. The minimum Gasteiger partial charge on any atom is -0.373 e. The molecular formula is C21H29N3OS. The van der Waals surface area contributed by atoms with Gasteiger partial charge in [-0.25, -0.2) is 0 Å². The third kappa shape index (κ3) is 4.17. The van der Waals surface area contributed by atoms with E-state index in [-0.39, 0.29) is 5.60 Å². The maximum Gasteiger partial charge on any atom is 0.0723 e. The van der Waals surface area contributed by atoms with Crippen LogP contribution in [0.5, 0.6) is 0 Å². The second-order valence-electron chi connectivity index (χ2n) is 7.88. The van der Waals surface area contributed by atoms with E-state index < -0.39 is 0 Å². The smallest absolute Gasteiger partial charge is 0.0723 e. The van der Waals surface area contributed by atoms with Crippen LogP contribution < -0.4 is 0 Å². The standard InChI is InChI=1S/C21H29N3OS/c1-17-6-7-20(26-17)15-24-11-8-21(9-12-24)13-19(16-25-21)23(2)14-18-5-3-4-10-22-18/h3-7,10,19H,8-9,11-16H2,1-2H3/t19-/m0/s1. The number of likely N-dealkylation sites (tertiary alicyclic amines) is 1. The SMILES string of the molecule is Cc1ccc(CN2CCC3(CC2)C[C@H](N(C)Cc2ccccn2)CO3)s1. The van der Waals surface area contributed by atoms with Crippen molar-refractivity contribution in [2.75, 3.05) is 26.7 Å². The van der Waals surface area contributed by atoms with Crippen molar-refractivity contribution in [3.8, 4) is 0 Å². The van der Waals surface area contributed by atoms with Crippen LogP contribution in [0.4, 0.5) is 0 Å². The van der Waals surface area contributed by atoms with Crippen LogP contribution in [0.2, 0.25) is 0 Å². The number of nitrogens with zero attached hydrogens (tertiary/aromatic N) is 3. The molecule has 140 valence electrons. The van der Waals surface area contributed by atoms with E-state index >= 15 is 0 Å². The monoisotopic (exact) mass is 371 g/mol. The summed E-state index contributed by atoms with van der Waals surface area (Å²) < 4.78 is 6.37. The number of aromatic nitrogens is 1. The van der Waals surface area contributed by atoms with Crippen LogP contribution in [0.25, 0.3) is 0 Å². The highest BCUT2D eigenvalue weighted by Gasteiger charge is 2.43. The first-order valence-electron chi connectivity index (χ1n) is 9.64. The summed E-state index contributed by atoms with van der Waals surface area (Å²) in [5.41, 5.74) is 1.24. The normalized spacial score (nSPS) is 23.1. The van der Waals surface area contributed by atoms with Crippen LogP contribution in [0.3, 0.4) is 0 Å². The molecule has 5 heteroatoms. The first-order chi connectivity index (χ1) is 12.6. The number of ether oxygens (including phenoxy) is 1. The maximum atomic E-state index is 6.37. The molecule has 26 heavy (non-hydrogen) atoms. The van der Waals surface area contributed by atoms with E-state index in [0.29, 0.717) is 6.04 Å². The second-order valence-corrected chi connectivity index (χ2v) is 9.25. The minimum absolute atomic E-state index is 0.102. The van der Waals surface area contributed by atoms with Gasteiger partial charge < -0.3 is 4.74 Å². The molecule has 1 spiro atoms. The Morgan fingerprint density at radius 1 is 1.27 bits per heavy atom. The van der Waals surface area contributed by atoms with E-state index in [0.717, 1.165) is 57.7 Å². The molecule has 2 aliphatic rings. The van der Waals surface area contributed by atoms with Gasteiger partial charge in [0.1, 0.15) is 0 Å². The van der Waals surface area contributed by atoms with Gasteiger partial charge in [-0.1, -0.05) is 6.07 Å². The number of aryl methyl sites for hydroxylation is 1. The molecule has 0 unspecified atom stereocenters. The lowest BCUT2D eigenvalue weighted by atomic mass is 9.87. The van der Waals surface area contributed by atoms with Crippen molar-refractivity contribution in [3.05, 3.63) is 52.0 Å². The first kappa shape index (κ1) is 18.1. The van der Waals surface area contributed by atoms with Crippen molar-refractivity contribution >= 4 is 11.3 Å². The number of thiophene rings is 1. The Bertz CT molecular complexity index is 709. The van der Waals surface area contributed by atoms with Crippen LogP contribution in [0, 0.1) is 6.92 Å². The van der Waals surface area contributed by atoms with E-state index in [1.807, 2.05) is 23.6 Å². The summed E-state index contributed by atoms with van der Waals surface area (Å²) in [6.07, 6.45) is 5.35. The highest BCUT2D eigenvalue weighted by Crippen LogP contribution is 2.38. The number of piperidine rings is 1. The summed E-state index contributed by atoms with van der Waals surface area (Å²) in [6.45, 7) is 7.33. The molecule has 4 rings (SSSR count). The predicted octanol–water partition coefficient (Wildman–Crippen LogP) is 3.71. The summed E-state index contributed by atoms with van der Waals surface area (Å²) in [4.78, 5) is 12.4. The van der Waals surface area contributed by atoms with Crippen LogP contribution in [-0.4, -0.2) is 53.2 Å². The van der Waals surface area contributed by atoms with Crippen LogP contribution in [0.1, 0.15) is 34.7 Å². The van der Waals surface area contributed by atoms with E-state index in [1.54, 1.807) is 0 Å². The van der Waals surface area contributed by atoms with Gasteiger partial charge in [0.05, 0.1) is 17.9 Å². The largest absolute Gasteiger partial charge is 0.373 e. The molecule has 0 aromatic carbocycles. The average Bonchev–Trinajstić information content (AvgIpc) is 3.25. The second kappa shape index (κ2) is 7.77. The average molecular weight is 372 g/mol. The summed E-state index contributed by atoms with van der Waals surface area (Å²) in [5, 5.41) is 0. The highest BCUT2D eigenvalue weighted by molar-refractivity contribution is 7.11. The van der Waals surface area contributed by atoms with Gasteiger partial charge in [0.15, 0.2) is 0 Å². The quantitative estimate of drug-likeness (QED) is 0.801. The molecule has 0 bridgehead atoms. The van der Waals surface area contributed by atoms with Crippen molar-refractivity contribution in [2.45, 2.75) is 50.9 Å². The zero-order valence-corrected chi connectivity index (χ0v) is 16.7. The van der Waals surface area contributed by atoms with E-state index in [1.165, 1.54) is 9.75 Å². The molecule has 1 atom stereocenters. The van der Waals surface area contributed by atoms with Crippen LogP contribution in [-0.2, 0) is 17.8 Å². The summed E-state index contributed by atoms with van der Waals surface area (Å²) in [7, 11) is 2.20. The molecule has 0 radical (unpaired) electrons. The molecule has 0 N–H and O–H groups in total. The number of hydrogen-bond donors (Lipinski definition) is 0. The number of pyridine rings is 1. The summed E-state index contributed by atoms with van der Waals surface area (Å²) in [6, 6.07) is 11.2. The van der Waals surface area contributed by atoms with Crippen molar-refractivity contribution < 1.29 is 4.74 Å². The van der Waals surface area contributed by atoms with Crippen molar-refractivity contribution in [3.63, 3.8) is 0 Å². The Morgan fingerprint density at radius 2 is 2.12 bits per heavy atom. The number of hydrogen-bond acceptors (Lipinski definition) is 5. The Balaban J connectivity index is 1.28. The third-order valence-corrected chi connectivity index (χ3v) is 6.88. The molecule has 2 saturated heterocycles. The lowest BCUT2D eigenvalue weighted by Crippen LogP contribution is -2.44. The van der Waals surface area contributed by atoms with Gasteiger partial charge in [-0.15, -0.1) is 11.3 Å². The topological polar surface area (TPSA) is 28.6 Å². The molecule has 4 nitrogen and oxygen atoms in total. The summed E-state index contributed by atoms with van der Waals surface area (Å²) >= 11 is 1.92. The number of likely N-dealkylation sites (N-methyl/N-ethyl adjacent to an activating group) is 1. The molecule has 0 amide bonds. The van der Waals surface area contributed by atoms with Gasteiger partial charge in [0.2, 0.25) is 0 Å². The molecule has 4 heterocycles. The Labute approximate surface area is 160 Å². The lowest BCUT2D eigenvalue weighted by molar-refractivity contribution is -0.0451. The fraction of sp³-hybridized carbons (Fsp3) is 0.571. The van der Waals surface area contributed by atoms with E-state index in [9.17, 15) is 0 Å². The third-order valence-electron chi connectivity index (χ3n) is 5.89. The van der Waals surface area contributed by atoms with Gasteiger partial charge in [0, 0.05) is 48.2 Å². The van der Waals surface area contributed by atoms with Gasteiger partial charge in [0.25, 0.3) is 0 Å². The number of rotatable bonds is 5. The Kier molecular flexibility index (Phi) is 5.41. The predicted molar refractivity (Wildman–Crippen MR) is 106 cm³/mol. The highest BCUT2D eigenvalue weighted by atomic mass is 32.1. The van der Waals surface area contributed by atoms with Crippen molar-refractivity contribution in [2.24, 2.45) is 0 Å². The molecule has 2 aromatic heterocycles. The Morgan fingerprint density at radius 3 is 2.81 bits per heavy atom. The molecule has 0 aliphatic carbocycles. The van der Waals surface area contributed by atoms with Crippen molar-refractivity contribution in [1.82, 2.24) is 14.8 Å². The fourth-order valence-corrected chi connectivity index (χ4v) is 5.17. The van der Waals surface area contributed by atoms with Gasteiger partial charge in [-0.05, 0) is 57.5 Å². The molecule has 2 aromatic rings. The first-order valence-corrected chi connectivity index (χ1v) is 10.5. The van der Waals surface area contributed by atoms with Gasteiger partial charge >= 0.3 is 0 Å². The van der Waals surface area contributed by atoms with Crippen molar-refractivity contribution in [1.29, 1.82) is 0 Å². The molecule has 2 aliphatic heterocycles. The zero-order chi connectivity index (χ0) is 18.0. The summed E-state index contributed by atoms with van der Waals surface area (Å²) in [5.74, 6) is 0. The molecular weight excluding hydrogens is 342 g/mol. The van der Waals surface area contributed by atoms with Crippen LogP contribution in [0.15, 0.2) is 36.5 Å².